The Morgan fingerprint density at radius 1 is 1.00 bits per heavy atom. The molecule has 0 bridgehead atoms. The van der Waals surface area contributed by atoms with Crippen molar-refractivity contribution in [2.75, 3.05) is 14.2 Å². The minimum absolute atomic E-state index is 0.252. The van der Waals surface area contributed by atoms with Gasteiger partial charge in [0.25, 0.3) is 0 Å². The molecule has 2 aromatic rings. The van der Waals surface area contributed by atoms with Crippen molar-refractivity contribution in [2.45, 2.75) is 13.8 Å². The van der Waals surface area contributed by atoms with Crippen LogP contribution < -0.4 is 9.47 Å². The van der Waals surface area contributed by atoms with E-state index in [1.165, 1.54) is 5.56 Å². The molecule has 5 heteroatoms. The standard InChI is InChI=1S/C20H19NO4/c1-12-5-6-14(13(2)9-12)10-16-20(22)25-19(21-16)15-7-8-17(23-3)18(11-15)24-4/h5-11H,1-4H3/b16-10+. The number of ether oxygens (including phenoxy) is 3. The third-order valence-corrected chi connectivity index (χ3v) is 3.97. The Kier molecular flexibility index (Phi) is 4.57. The highest BCUT2D eigenvalue weighted by molar-refractivity contribution is 6.13. The number of hydrogen-bond donors (Lipinski definition) is 0. The van der Waals surface area contributed by atoms with Gasteiger partial charge in [-0.3, -0.25) is 0 Å². The molecule has 5 nitrogen and oxygen atoms in total. The molecule has 1 aliphatic heterocycles. The number of cyclic esters (lactones) is 1. The van der Waals surface area contributed by atoms with Crippen molar-refractivity contribution >= 4 is 17.9 Å². The first-order chi connectivity index (χ1) is 12.0. The van der Waals surface area contributed by atoms with E-state index in [1.54, 1.807) is 38.5 Å². The average Bonchev–Trinajstić information content (AvgIpc) is 2.97. The lowest BCUT2D eigenvalue weighted by atomic mass is 10.0. The molecule has 0 amide bonds. The van der Waals surface area contributed by atoms with Gasteiger partial charge in [0.15, 0.2) is 17.2 Å². The van der Waals surface area contributed by atoms with Crippen LogP contribution in [0.15, 0.2) is 47.1 Å². The number of rotatable bonds is 4. The molecular formula is C20H19NO4. The third-order valence-electron chi connectivity index (χ3n) is 3.97. The number of nitrogens with zero attached hydrogens (tertiary/aromatic N) is 1. The second-order valence-corrected chi connectivity index (χ2v) is 5.77. The fourth-order valence-corrected chi connectivity index (χ4v) is 2.64. The van der Waals surface area contributed by atoms with Crippen molar-refractivity contribution in [3.8, 4) is 11.5 Å². The van der Waals surface area contributed by atoms with Crippen LogP contribution in [0.25, 0.3) is 6.08 Å². The van der Waals surface area contributed by atoms with Gasteiger partial charge in [-0.2, -0.15) is 0 Å². The third kappa shape index (κ3) is 3.40. The number of carbonyl (C=O) groups is 1. The van der Waals surface area contributed by atoms with Crippen LogP contribution >= 0.6 is 0 Å². The first-order valence-electron chi connectivity index (χ1n) is 7.84. The summed E-state index contributed by atoms with van der Waals surface area (Å²) in [5.41, 5.74) is 4.11. The number of carbonyl (C=O) groups excluding carboxylic acids is 1. The summed E-state index contributed by atoms with van der Waals surface area (Å²) < 4.78 is 15.8. The van der Waals surface area contributed by atoms with Crippen LogP contribution in [0, 0.1) is 13.8 Å². The molecule has 0 radical (unpaired) electrons. The normalized spacial score (nSPS) is 15.1. The molecule has 1 heterocycles. The predicted octanol–water partition coefficient (Wildman–Crippen LogP) is 3.67. The molecule has 128 valence electrons. The predicted molar refractivity (Wildman–Crippen MR) is 96.1 cm³/mol. The Labute approximate surface area is 146 Å². The van der Waals surface area contributed by atoms with Crippen LogP contribution in [0.2, 0.25) is 0 Å². The summed E-state index contributed by atoms with van der Waals surface area (Å²) in [6, 6.07) is 11.3. The van der Waals surface area contributed by atoms with Gasteiger partial charge in [-0.25, -0.2) is 9.79 Å². The molecule has 2 aromatic carbocycles. The number of methoxy groups -OCH3 is 2. The average molecular weight is 337 g/mol. The molecule has 0 N–H and O–H groups in total. The Balaban J connectivity index is 1.96. The molecule has 1 aliphatic rings. The highest BCUT2D eigenvalue weighted by Crippen LogP contribution is 2.29. The second kappa shape index (κ2) is 6.81. The second-order valence-electron chi connectivity index (χ2n) is 5.77. The van der Waals surface area contributed by atoms with Crippen LogP contribution in [0.3, 0.4) is 0 Å². The van der Waals surface area contributed by atoms with E-state index in [2.05, 4.69) is 11.1 Å². The van der Waals surface area contributed by atoms with Crippen LogP contribution in [-0.2, 0) is 9.53 Å². The largest absolute Gasteiger partial charge is 0.493 e. The van der Waals surface area contributed by atoms with Crippen LogP contribution in [0.5, 0.6) is 11.5 Å². The molecule has 0 spiro atoms. The van der Waals surface area contributed by atoms with Gasteiger partial charge in [0.1, 0.15) is 0 Å². The Morgan fingerprint density at radius 2 is 1.76 bits per heavy atom. The monoisotopic (exact) mass is 337 g/mol. The Morgan fingerprint density at radius 3 is 2.44 bits per heavy atom. The molecule has 0 atom stereocenters. The molecule has 0 saturated heterocycles. The smallest absolute Gasteiger partial charge is 0.363 e. The summed E-state index contributed by atoms with van der Waals surface area (Å²) in [6.45, 7) is 4.03. The highest BCUT2D eigenvalue weighted by Gasteiger charge is 2.25. The van der Waals surface area contributed by atoms with Gasteiger partial charge in [-0.15, -0.1) is 0 Å². The van der Waals surface area contributed by atoms with Crippen LogP contribution in [0.4, 0.5) is 0 Å². The maximum Gasteiger partial charge on any atom is 0.363 e. The lowest BCUT2D eigenvalue weighted by molar-refractivity contribution is -0.129. The summed E-state index contributed by atoms with van der Waals surface area (Å²) >= 11 is 0. The highest BCUT2D eigenvalue weighted by atomic mass is 16.6. The van der Waals surface area contributed by atoms with Crippen molar-refractivity contribution < 1.29 is 19.0 Å². The number of benzene rings is 2. The van der Waals surface area contributed by atoms with Gasteiger partial charge < -0.3 is 14.2 Å². The van der Waals surface area contributed by atoms with Gasteiger partial charge in [-0.1, -0.05) is 23.8 Å². The van der Waals surface area contributed by atoms with Gasteiger partial charge in [0.05, 0.1) is 14.2 Å². The van der Waals surface area contributed by atoms with E-state index in [1.807, 2.05) is 26.0 Å². The fourth-order valence-electron chi connectivity index (χ4n) is 2.64. The van der Waals surface area contributed by atoms with Crippen molar-refractivity contribution in [1.82, 2.24) is 0 Å². The maximum absolute atomic E-state index is 12.2. The molecule has 0 aliphatic carbocycles. The minimum Gasteiger partial charge on any atom is -0.493 e. The van der Waals surface area contributed by atoms with Gasteiger partial charge in [-0.05, 0) is 49.2 Å². The van der Waals surface area contributed by atoms with Crippen molar-refractivity contribution in [1.29, 1.82) is 0 Å². The van der Waals surface area contributed by atoms with Gasteiger partial charge in [0, 0.05) is 5.56 Å². The minimum atomic E-state index is -0.468. The molecule has 0 aromatic heterocycles. The van der Waals surface area contributed by atoms with E-state index < -0.39 is 5.97 Å². The fraction of sp³-hybridized carbons (Fsp3) is 0.200. The van der Waals surface area contributed by atoms with Crippen LogP contribution in [-0.4, -0.2) is 26.1 Å². The van der Waals surface area contributed by atoms with E-state index >= 15 is 0 Å². The molecule has 0 unspecified atom stereocenters. The van der Waals surface area contributed by atoms with E-state index in [4.69, 9.17) is 14.2 Å². The summed E-state index contributed by atoms with van der Waals surface area (Å²) in [4.78, 5) is 16.5. The summed E-state index contributed by atoms with van der Waals surface area (Å²) in [5, 5.41) is 0. The van der Waals surface area contributed by atoms with E-state index in [0.717, 1.165) is 11.1 Å². The maximum atomic E-state index is 12.2. The number of esters is 1. The molecule has 0 fully saturated rings. The van der Waals surface area contributed by atoms with E-state index in [-0.39, 0.29) is 11.6 Å². The summed E-state index contributed by atoms with van der Waals surface area (Å²) in [7, 11) is 3.12. The lowest BCUT2D eigenvalue weighted by Gasteiger charge is -2.08. The Bertz CT molecular complexity index is 897. The Hall–Kier alpha value is -3.08. The molecule has 0 saturated carbocycles. The van der Waals surface area contributed by atoms with Crippen molar-refractivity contribution in [2.24, 2.45) is 4.99 Å². The lowest BCUT2D eigenvalue weighted by Crippen LogP contribution is -2.06. The van der Waals surface area contributed by atoms with Crippen LogP contribution in [0.1, 0.15) is 22.3 Å². The zero-order valence-electron chi connectivity index (χ0n) is 14.6. The van der Waals surface area contributed by atoms with E-state index in [9.17, 15) is 4.79 Å². The summed E-state index contributed by atoms with van der Waals surface area (Å²) in [6.07, 6.45) is 1.74. The van der Waals surface area contributed by atoms with Crippen molar-refractivity contribution in [3.63, 3.8) is 0 Å². The number of hydrogen-bond acceptors (Lipinski definition) is 5. The SMILES string of the molecule is COc1ccc(C2=N/C(=C/c3ccc(C)cc3C)C(=O)O2)cc1OC. The van der Waals surface area contributed by atoms with E-state index in [0.29, 0.717) is 17.1 Å². The number of aliphatic imine (C=N–C) groups is 1. The molecular weight excluding hydrogens is 318 g/mol. The van der Waals surface area contributed by atoms with Crippen molar-refractivity contribution in [3.05, 3.63) is 64.3 Å². The first-order valence-corrected chi connectivity index (χ1v) is 7.84. The zero-order valence-corrected chi connectivity index (χ0v) is 14.6. The first kappa shape index (κ1) is 16.8. The topological polar surface area (TPSA) is 57.1 Å². The van der Waals surface area contributed by atoms with Gasteiger partial charge in [0.2, 0.25) is 5.90 Å². The quantitative estimate of drug-likeness (QED) is 0.631. The molecule has 25 heavy (non-hydrogen) atoms. The van der Waals surface area contributed by atoms with Gasteiger partial charge >= 0.3 is 5.97 Å². The summed E-state index contributed by atoms with van der Waals surface area (Å²) in [5.74, 6) is 0.930. The zero-order chi connectivity index (χ0) is 18.0. The number of aryl methyl sites for hydroxylation is 2. The molecule has 3 rings (SSSR count).